The molecule has 0 unspecified atom stereocenters. The lowest BCUT2D eigenvalue weighted by Crippen LogP contribution is -2.53. The van der Waals surface area contributed by atoms with E-state index in [0.717, 1.165) is 0 Å². The van der Waals surface area contributed by atoms with Gasteiger partial charge < -0.3 is 16.8 Å². The molecule has 0 rings (SSSR count). The molecule has 5 heteroatoms. The van der Waals surface area contributed by atoms with Crippen LogP contribution in [0.2, 0.25) is 0 Å². The van der Waals surface area contributed by atoms with Crippen LogP contribution in [-0.2, 0) is 9.59 Å². The molecule has 2 amide bonds. The highest BCUT2D eigenvalue weighted by molar-refractivity contribution is 5.89. The van der Waals surface area contributed by atoms with Crippen molar-refractivity contribution in [1.29, 1.82) is 0 Å². The minimum absolute atomic E-state index is 0.211. The zero-order chi connectivity index (χ0) is 12.3. The van der Waals surface area contributed by atoms with Crippen molar-refractivity contribution in [3.05, 3.63) is 0 Å². The molecular weight excluding hydrogens is 194 g/mol. The van der Waals surface area contributed by atoms with E-state index in [1.165, 1.54) is 0 Å². The van der Waals surface area contributed by atoms with Crippen LogP contribution >= 0.6 is 0 Å². The van der Waals surface area contributed by atoms with Crippen LogP contribution in [0.3, 0.4) is 0 Å². The highest BCUT2D eigenvalue weighted by Crippen LogP contribution is 2.08. The number of rotatable bonds is 5. The van der Waals surface area contributed by atoms with Crippen LogP contribution in [0.15, 0.2) is 0 Å². The van der Waals surface area contributed by atoms with Crippen LogP contribution in [0.5, 0.6) is 0 Å². The third-order valence-electron chi connectivity index (χ3n) is 2.06. The molecule has 0 aromatic rings. The molecule has 0 fully saturated rings. The Kier molecular flexibility index (Phi) is 4.27. The van der Waals surface area contributed by atoms with Crippen LogP contribution in [0.1, 0.15) is 40.5 Å². The summed E-state index contributed by atoms with van der Waals surface area (Å²) in [7, 11) is 0. The smallest absolute Gasteiger partial charge is 0.242 e. The van der Waals surface area contributed by atoms with Gasteiger partial charge in [0.15, 0.2) is 0 Å². The van der Waals surface area contributed by atoms with Crippen LogP contribution < -0.4 is 16.8 Å². The normalized spacial score (nSPS) is 12.3. The Hall–Kier alpha value is -1.10. The molecule has 15 heavy (non-hydrogen) atoms. The molecular formula is C10H21N3O2. The van der Waals surface area contributed by atoms with E-state index in [0.29, 0.717) is 12.8 Å². The fourth-order valence-electron chi connectivity index (χ4n) is 0.908. The lowest BCUT2D eigenvalue weighted by molar-refractivity contribution is -0.130. The van der Waals surface area contributed by atoms with Crippen molar-refractivity contribution < 1.29 is 9.59 Å². The summed E-state index contributed by atoms with van der Waals surface area (Å²) in [5.74, 6) is -0.764. The zero-order valence-electron chi connectivity index (χ0n) is 9.89. The molecule has 0 spiro atoms. The van der Waals surface area contributed by atoms with E-state index in [4.69, 9.17) is 11.5 Å². The van der Waals surface area contributed by atoms with E-state index in [9.17, 15) is 9.59 Å². The number of nitrogens with two attached hydrogens (primary N) is 2. The van der Waals surface area contributed by atoms with Crippen LogP contribution in [-0.4, -0.2) is 22.9 Å². The second kappa shape index (κ2) is 4.61. The Bertz CT molecular complexity index is 254. The van der Waals surface area contributed by atoms with Crippen LogP contribution in [0.25, 0.3) is 0 Å². The average Bonchev–Trinajstić information content (AvgIpc) is 1.98. The van der Waals surface area contributed by atoms with Gasteiger partial charge in [0.2, 0.25) is 11.8 Å². The molecule has 0 heterocycles. The Labute approximate surface area is 90.6 Å². The van der Waals surface area contributed by atoms with Gasteiger partial charge in [-0.25, -0.2) is 0 Å². The molecule has 0 aliphatic carbocycles. The van der Waals surface area contributed by atoms with Crippen LogP contribution in [0, 0.1) is 0 Å². The monoisotopic (exact) mass is 215 g/mol. The van der Waals surface area contributed by atoms with Crippen molar-refractivity contribution in [2.24, 2.45) is 11.5 Å². The topological polar surface area (TPSA) is 98.2 Å². The van der Waals surface area contributed by atoms with Gasteiger partial charge in [-0.1, -0.05) is 0 Å². The molecule has 0 aromatic carbocycles. The number of hydrogen-bond acceptors (Lipinski definition) is 3. The van der Waals surface area contributed by atoms with Gasteiger partial charge in [0.25, 0.3) is 0 Å². The number of carbonyl (C=O) groups excluding carboxylic acids is 2. The molecule has 0 aliphatic rings. The minimum atomic E-state index is -1.00. The van der Waals surface area contributed by atoms with Crippen molar-refractivity contribution in [1.82, 2.24) is 5.32 Å². The first kappa shape index (κ1) is 13.9. The van der Waals surface area contributed by atoms with Crippen LogP contribution in [0.4, 0.5) is 0 Å². The molecule has 0 saturated carbocycles. The first-order chi connectivity index (χ1) is 6.54. The molecule has 88 valence electrons. The first-order valence-electron chi connectivity index (χ1n) is 4.94. The number of nitrogens with one attached hydrogen (secondary N) is 1. The standard InChI is InChI=1S/C10H21N3O2/c1-9(2,12)6-5-7(14)13-10(3,4)8(11)15/h5-6,12H2,1-4H3,(H2,11,15)(H,13,14). The summed E-state index contributed by atoms with van der Waals surface area (Å²) in [6.45, 7) is 6.83. The Balaban J connectivity index is 4.11. The van der Waals surface area contributed by atoms with Crippen molar-refractivity contribution in [3.63, 3.8) is 0 Å². The van der Waals surface area contributed by atoms with E-state index < -0.39 is 11.4 Å². The predicted molar refractivity (Wildman–Crippen MR) is 58.9 cm³/mol. The molecule has 5 nitrogen and oxygen atoms in total. The average molecular weight is 215 g/mol. The highest BCUT2D eigenvalue weighted by atomic mass is 16.2. The van der Waals surface area contributed by atoms with Crippen molar-refractivity contribution in [2.75, 3.05) is 0 Å². The predicted octanol–water partition coefficient (Wildman–Crippen LogP) is -0.116. The van der Waals surface area contributed by atoms with Crippen molar-refractivity contribution >= 4 is 11.8 Å². The number of primary amides is 1. The lowest BCUT2D eigenvalue weighted by atomic mass is 9.98. The Morgan fingerprint density at radius 2 is 1.67 bits per heavy atom. The summed E-state index contributed by atoms with van der Waals surface area (Å²) in [6, 6.07) is 0. The molecule has 0 bridgehead atoms. The minimum Gasteiger partial charge on any atom is -0.368 e. The van der Waals surface area contributed by atoms with E-state index >= 15 is 0 Å². The fourth-order valence-corrected chi connectivity index (χ4v) is 0.908. The summed E-state index contributed by atoms with van der Waals surface area (Å²) in [5, 5.41) is 2.56. The number of hydrogen-bond donors (Lipinski definition) is 3. The molecule has 0 radical (unpaired) electrons. The molecule has 5 N–H and O–H groups in total. The summed E-state index contributed by atoms with van der Waals surface area (Å²) in [4.78, 5) is 22.4. The second-order valence-corrected chi connectivity index (χ2v) is 5.03. The van der Waals surface area contributed by atoms with Gasteiger partial charge in [-0.15, -0.1) is 0 Å². The van der Waals surface area contributed by atoms with Crippen molar-refractivity contribution in [2.45, 2.75) is 51.6 Å². The maximum atomic E-state index is 11.4. The van der Waals surface area contributed by atoms with Gasteiger partial charge in [-0.3, -0.25) is 9.59 Å². The largest absolute Gasteiger partial charge is 0.368 e. The third-order valence-corrected chi connectivity index (χ3v) is 2.06. The molecule has 0 aromatic heterocycles. The van der Waals surface area contributed by atoms with Gasteiger partial charge in [0, 0.05) is 12.0 Å². The highest BCUT2D eigenvalue weighted by Gasteiger charge is 2.27. The summed E-state index contributed by atoms with van der Waals surface area (Å²) in [6.07, 6.45) is 0.855. The molecule has 0 saturated heterocycles. The molecule has 0 atom stereocenters. The Morgan fingerprint density at radius 1 is 1.20 bits per heavy atom. The van der Waals surface area contributed by atoms with Gasteiger partial charge in [-0.05, 0) is 34.1 Å². The maximum Gasteiger partial charge on any atom is 0.242 e. The van der Waals surface area contributed by atoms with E-state index in [1.807, 2.05) is 13.8 Å². The second-order valence-electron chi connectivity index (χ2n) is 5.03. The fraction of sp³-hybridized carbons (Fsp3) is 0.800. The quantitative estimate of drug-likeness (QED) is 0.596. The summed E-state index contributed by atoms with van der Waals surface area (Å²) in [5.41, 5.74) is 9.47. The number of carbonyl (C=O) groups is 2. The van der Waals surface area contributed by atoms with Gasteiger partial charge >= 0.3 is 0 Å². The Morgan fingerprint density at radius 3 is 2.00 bits per heavy atom. The van der Waals surface area contributed by atoms with Gasteiger partial charge in [-0.2, -0.15) is 0 Å². The first-order valence-corrected chi connectivity index (χ1v) is 4.94. The SMILES string of the molecule is CC(C)(N)CCC(=O)NC(C)(C)C(N)=O. The summed E-state index contributed by atoms with van der Waals surface area (Å²) < 4.78 is 0. The van der Waals surface area contributed by atoms with Crippen molar-refractivity contribution in [3.8, 4) is 0 Å². The van der Waals surface area contributed by atoms with E-state index in [-0.39, 0.29) is 11.4 Å². The van der Waals surface area contributed by atoms with Gasteiger partial charge in [0.05, 0.1) is 0 Å². The zero-order valence-corrected chi connectivity index (χ0v) is 9.89. The third kappa shape index (κ3) is 6.06. The molecule has 0 aliphatic heterocycles. The van der Waals surface area contributed by atoms with Gasteiger partial charge in [0.1, 0.15) is 5.54 Å². The number of amides is 2. The lowest BCUT2D eigenvalue weighted by Gasteiger charge is -2.24. The summed E-state index contributed by atoms with van der Waals surface area (Å²) >= 11 is 0. The van der Waals surface area contributed by atoms with E-state index in [1.54, 1.807) is 13.8 Å². The maximum absolute atomic E-state index is 11.4. The van der Waals surface area contributed by atoms with E-state index in [2.05, 4.69) is 5.32 Å².